The van der Waals surface area contributed by atoms with E-state index in [4.69, 9.17) is 4.74 Å². The lowest BCUT2D eigenvalue weighted by Crippen LogP contribution is -2.28. The van der Waals surface area contributed by atoms with Gasteiger partial charge in [-0.2, -0.15) is 0 Å². The largest absolute Gasteiger partial charge is 0.462 e. The Kier molecular flexibility index (Phi) is 5.05. The molecule has 152 valence electrons. The van der Waals surface area contributed by atoms with Gasteiger partial charge in [0, 0.05) is 41.3 Å². The zero-order valence-electron chi connectivity index (χ0n) is 16.3. The topological polar surface area (TPSA) is 106 Å². The van der Waals surface area contributed by atoms with Crippen molar-refractivity contribution in [3.63, 3.8) is 0 Å². The van der Waals surface area contributed by atoms with Crippen LogP contribution in [0.3, 0.4) is 0 Å². The number of hydrogen-bond acceptors (Lipinski definition) is 5. The third-order valence-corrected chi connectivity index (χ3v) is 5.05. The average Bonchev–Trinajstić information content (AvgIpc) is 3.01. The molecular weight excluding hydrogens is 386 g/mol. The van der Waals surface area contributed by atoms with E-state index in [0.717, 1.165) is 16.5 Å². The molecule has 0 atom stereocenters. The van der Waals surface area contributed by atoms with E-state index in [-0.39, 0.29) is 23.8 Å². The van der Waals surface area contributed by atoms with Crippen molar-refractivity contribution in [3.8, 4) is 0 Å². The van der Waals surface area contributed by atoms with E-state index in [0.29, 0.717) is 24.2 Å². The monoisotopic (exact) mass is 405 g/mol. The van der Waals surface area contributed by atoms with Gasteiger partial charge >= 0.3 is 5.97 Å². The average molecular weight is 405 g/mol. The number of amides is 1. The standard InChI is InChI=1S/C22H19N3O5/c1-2-30-22(27)18-13-24(21(26)14-7-9-15(10-8-14)25(28)29)12-11-17-16-5-3-4-6-19(16)23-20(17)18/h3-10,13,23H,2,11-12H2,1H3. The van der Waals surface area contributed by atoms with E-state index < -0.39 is 10.9 Å². The predicted molar refractivity (Wildman–Crippen MR) is 111 cm³/mol. The molecule has 1 aliphatic heterocycles. The maximum absolute atomic E-state index is 13.0. The molecule has 2 heterocycles. The van der Waals surface area contributed by atoms with Crippen molar-refractivity contribution in [1.82, 2.24) is 9.88 Å². The number of fused-ring (bicyclic) bond motifs is 3. The second kappa shape index (κ2) is 7.82. The van der Waals surface area contributed by atoms with Crippen molar-refractivity contribution in [2.75, 3.05) is 13.2 Å². The number of aromatic amines is 1. The molecule has 8 heteroatoms. The van der Waals surface area contributed by atoms with E-state index in [1.165, 1.54) is 35.4 Å². The predicted octanol–water partition coefficient (Wildman–Crippen LogP) is 3.68. The van der Waals surface area contributed by atoms with Gasteiger partial charge in [-0.15, -0.1) is 0 Å². The Morgan fingerprint density at radius 2 is 1.90 bits per heavy atom. The van der Waals surface area contributed by atoms with Crippen LogP contribution in [0.25, 0.3) is 16.5 Å². The first-order valence-electron chi connectivity index (χ1n) is 9.54. The highest BCUT2D eigenvalue weighted by Crippen LogP contribution is 2.31. The van der Waals surface area contributed by atoms with E-state index in [2.05, 4.69) is 4.98 Å². The normalized spacial score (nSPS) is 13.4. The van der Waals surface area contributed by atoms with Crippen molar-refractivity contribution >= 4 is 34.0 Å². The molecular formula is C22H19N3O5. The van der Waals surface area contributed by atoms with Crippen molar-refractivity contribution in [1.29, 1.82) is 0 Å². The molecule has 0 saturated heterocycles. The number of nitro groups is 1. The maximum Gasteiger partial charge on any atom is 0.341 e. The Morgan fingerprint density at radius 3 is 2.60 bits per heavy atom. The van der Waals surface area contributed by atoms with Crippen LogP contribution in [-0.4, -0.2) is 39.8 Å². The number of nitrogens with zero attached hydrogens (tertiary/aromatic N) is 2. The second-order valence-electron chi connectivity index (χ2n) is 6.84. The van der Waals surface area contributed by atoms with Crippen LogP contribution in [0.2, 0.25) is 0 Å². The zero-order valence-corrected chi connectivity index (χ0v) is 16.3. The molecule has 0 saturated carbocycles. The molecule has 1 aromatic heterocycles. The summed E-state index contributed by atoms with van der Waals surface area (Å²) in [6.45, 7) is 2.29. The Balaban J connectivity index is 1.75. The molecule has 8 nitrogen and oxygen atoms in total. The number of esters is 1. The highest BCUT2D eigenvalue weighted by molar-refractivity contribution is 6.18. The Hall–Kier alpha value is -3.94. The van der Waals surface area contributed by atoms with Crippen molar-refractivity contribution in [2.45, 2.75) is 13.3 Å². The fourth-order valence-corrected chi connectivity index (χ4v) is 3.62. The summed E-state index contributed by atoms with van der Waals surface area (Å²) >= 11 is 0. The number of H-pyrrole nitrogens is 1. The van der Waals surface area contributed by atoms with Crippen molar-refractivity contribution < 1.29 is 19.2 Å². The first kappa shape index (κ1) is 19.4. The molecule has 2 aromatic carbocycles. The van der Waals surface area contributed by atoms with Gasteiger partial charge in [0.1, 0.15) is 0 Å². The third kappa shape index (κ3) is 3.43. The summed E-state index contributed by atoms with van der Waals surface area (Å²) in [5.41, 5.74) is 2.99. The number of nitro benzene ring substituents is 1. The van der Waals surface area contributed by atoms with Crippen LogP contribution < -0.4 is 0 Å². The van der Waals surface area contributed by atoms with Crippen LogP contribution in [0, 0.1) is 10.1 Å². The van der Waals surface area contributed by atoms with Gasteiger partial charge < -0.3 is 14.6 Å². The van der Waals surface area contributed by atoms with Crippen molar-refractivity contribution in [2.24, 2.45) is 0 Å². The molecule has 0 aliphatic carbocycles. The Morgan fingerprint density at radius 1 is 1.17 bits per heavy atom. The lowest BCUT2D eigenvalue weighted by atomic mass is 10.0. The van der Waals surface area contributed by atoms with Gasteiger partial charge in [0.25, 0.3) is 11.6 Å². The van der Waals surface area contributed by atoms with Gasteiger partial charge in [-0.1, -0.05) is 18.2 Å². The van der Waals surface area contributed by atoms with E-state index in [1.807, 2.05) is 24.3 Å². The number of hydrogen-bond donors (Lipinski definition) is 1. The van der Waals surface area contributed by atoms with Crippen LogP contribution in [0.1, 0.15) is 28.5 Å². The molecule has 0 radical (unpaired) electrons. The number of aromatic nitrogens is 1. The first-order chi connectivity index (χ1) is 14.5. The second-order valence-corrected chi connectivity index (χ2v) is 6.84. The van der Waals surface area contributed by atoms with Crippen LogP contribution in [0.5, 0.6) is 0 Å². The summed E-state index contributed by atoms with van der Waals surface area (Å²) in [4.78, 5) is 40.8. The first-order valence-corrected chi connectivity index (χ1v) is 9.54. The highest BCUT2D eigenvalue weighted by atomic mass is 16.6. The van der Waals surface area contributed by atoms with E-state index in [9.17, 15) is 19.7 Å². The molecule has 1 aliphatic rings. The molecule has 0 unspecified atom stereocenters. The molecule has 1 N–H and O–H groups in total. The van der Waals surface area contributed by atoms with Crippen LogP contribution in [0.15, 0.2) is 54.7 Å². The van der Waals surface area contributed by atoms with E-state index in [1.54, 1.807) is 6.92 Å². The Bertz CT molecular complexity index is 1180. The van der Waals surface area contributed by atoms with E-state index >= 15 is 0 Å². The van der Waals surface area contributed by atoms with Crippen LogP contribution >= 0.6 is 0 Å². The quantitative estimate of drug-likeness (QED) is 0.405. The van der Waals surface area contributed by atoms with Gasteiger partial charge in [-0.05, 0) is 37.1 Å². The third-order valence-electron chi connectivity index (χ3n) is 5.05. The maximum atomic E-state index is 13.0. The van der Waals surface area contributed by atoms with Crippen molar-refractivity contribution in [3.05, 3.63) is 81.7 Å². The number of non-ortho nitro benzene ring substituents is 1. The summed E-state index contributed by atoms with van der Waals surface area (Å²) in [6.07, 6.45) is 2.04. The fraction of sp³-hybridized carbons (Fsp3) is 0.182. The number of carbonyl (C=O) groups excluding carboxylic acids is 2. The molecule has 0 bridgehead atoms. The summed E-state index contributed by atoms with van der Waals surface area (Å²) < 4.78 is 5.23. The fourth-order valence-electron chi connectivity index (χ4n) is 3.62. The lowest BCUT2D eigenvalue weighted by molar-refractivity contribution is -0.384. The summed E-state index contributed by atoms with van der Waals surface area (Å²) in [7, 11) is 0. The van der Waals surface area contributed by atoms with Gasteiger partial charge in [0.05, 0.1) is 22.8 Å². The van der Waals surface area contributed by atoms with Crippen LogP contribution in [0.4, 0.5) is 5.69 Å². The molecule has 0 spiro atoms. The lowest BCUT2D eigenvalue weighted by Gasteiger charge is -2.17. The minimum Gasteiger partial charge on any atom is -0.462 e. The summed E-state index contributed by atoms with van der Waals surface area (Å²) in [5.74, 6) is -0.866. The number of benzene rings is 2. The minimum atomic E-state index is -0.520. The number of ether oxygens (including phenoxy) is 1. The zero-order chi connectivity index (χ0) is 21.3. The SMILES string of the molecule is CCOC(=O)C1=CN(C(=O)c2ccc([N+](=O)[O-])cc2)CCc2c1[nH]c1ccccc21. The molecule has 0 fully saturated rings. The number of nitrogens with one attached hydrogen (secondary N) is 1. The molecule has 1 amide bonds. The summed E-state index contributed by atoms with van der Waals surface area (Å²) in [6, 6.07) is 13.2. The van der Waals surface area contributed by atoms with Gasteiger partial charge in [-0.25, -0.2) is 4.79 Å². The number of rotatable bonds is 4. The van der Waals surface area contributed by atoms with Gasteiger partial charge in [0.15, 0.2) is 0 Å². The molecule has 30 heavy (non-hydrogen) atoms. The smallest absolute Gasteiger partial charge is 0.341 e. The number of carbonyl (C=O) groups is 2. The Labute approximate surface area is 171 Å². The van der Waals surface area contributed by atoms with Crippen LogP contribution in [-0.2, 0) is 16.0 Å². The van der Waals surface area contributed by atoms with Gasteiger partial charge in [-0.3, -0.25) is 14.9 Å². The number of para-hydroxylation sites is 1. The highest BCUT2D eigenvalue weighted by Gasteiger charge is 2.27. The molecule has 4 rings (SSSR count). The van der Waals surface area contributed by atoms with Gasteiger partial charge in [0.2, 0.25) is 0 Å². The molecule has 3 aromatic rings. The summed E-state index contributed by atoms with van der Waals surface area (Å²) in [5, 5.41) is 11.9. The minimum absolute atomic E-state index is 0.0911.